The molecule has 1 amide bonds. The minimum atomic E-state index is -0.342. The van der Waals surface area contributed by atoms with E-state index >= 15 is 0 Å². The molecular formula is C22H22N2O4. The summed E-state index contributed by atoms with van der Waals surface area (Å²) in [6.45, 7) is 2.24. The lowest BCUT2D eigenvalue weighted by Crippen LogP contribution is -2.21. The molecule has 1 aromatic heterocycles. The van der Waals surface area contributed by atoms with Gasteiger partial charge in [0.05, 0.1) is 7.11 Å². The minimum Gasteiger partial charge on any atom is -0.493 e. The van der Waals surface area contributed by atoms with Crippen molar-refractivity contribution in [2.45, 2.75) is 13.5 Å². The minimum absolute atomic E-state index is 0.172. The van der Waals surface area contributed by atoms with E-state index in [-0.39, 0.29) is 12.5 Å². The van der Waals surface area contributed by atoms with Crippen LogP contribution in [0, 0.1) is 6.92 Å². The zero-order valence-corrected chi connectivity index (χ0v) is 15.8. The number of nitrogens with one attached hydrogen (secondary N) is 1. The van der Waals surface area contributed by atoms with Gasteiger partial charge < -0.3 is 19.5 Å². The van der Waals surface area contributed by atoms with Crippen LogP contribution in [0.25, 0.3) is 0 Å². The highest BCUT2D eigenvalue weighted by Crippen LogP contribution is 2.26. The van der Waals surface area contributed by atoms with Gasteiger partial charge in [-0.3, -0.25) is 4.79 Å². The first-order valence-corrected chi connectivity index (χ1v) is 8.85. The van der Waals surface area contributed by atoms with Crippen molar-refractivity contribution >= 4 is 11.7 Å². The van der Waals surface area contributed by atoms with E-state index in [4.69, 9.17) is 14.2 Å². The van der Waals surface area contributed by atoms with Gasteiger partial charge in [-0.25, -0.2) is 4.98 Å². The van der Waals surface area contributed by atoms with Crippen molar-refractivity contribution in [1.29, 1.82) is 0 Å². The average molecular weight is 378 g/mol. The number of methoxy groups -OCH3 is 1. The molecule has 6 heteroatoms. The van der Waals surface area contributed by atoms with Gasteiger partial charge in [-0.15, -0.1) is 0 Å². The third-order valence-corrected chi connectivity index (χ3v) is 4.10. The van der Waals surface area contributed by atoms with Crippen molar-refractivity contribution in [2.75, 3.05) is 19.0 Å². The van der Waals surface area contributed by atoms with Crippen LogP contribution in [0.4, 0.5) is 5.82 Å². The Hall–Kier alpha value is -3.54. The molecule has 0 spiro atoms. The van der Waals surface area contributed by atoms with Gasteiger partial charge in [0.25, 0.3) is 5.91 Å². The number of amides is 1. The molecule has 3 aromatic rings. The second-order valence-corrected chi connectivity index (χ2v) is 6.05. The number of rotatable bonds is 8. The zero-order chi connectivity index (χ0) is 19.8. The summed E-state index contributed by atoms with van der Waals surface area (Å²) >= 11 is 0. The predicted molar refractivity (Wildman–Crippen MR) is 107 cm³/mol. The monoisotopic (exact) mass is 378 g/mol. The largest absolute Gasteiger partial charge is 0.493 e. The number of aryl methyl sites for hydroxylation is 1. The Morgan fingerprint density at radius 1 is 0.929 bits per heavy atom. The van der Waals surface area contributed by atoms with Crippen molar-refractivity contribution in [2.24, 2.45) is 0 Å². The smallest absolute Gasteiger partial charge is 0.263 e. The maximum absolute atomic E-state index is 12.3. The topological polar surface area (TPSA) is 69.7 Å². The summed E-state index contributed by atoms with van der Waals surface area (Å²) in [5.41, 5.74) is 2.21. The number of carbonyl (C=O) groups is 1. The number of carbonyl (C=O) groups excluding carboxylic acids is 1. The molecule has 6 nitrogen and oxygen atoms in total. The summed E-state index contributed by atoms with van der Waals surface area (Å²) in [5.74, 6) is 1.57. The van der Waals surface area contributed by atoms with E-state index in [0.29, 0.717) is 29.7 Å². The lowest BCUT2D eigenvalue weighted by molar-refractivity contribution is -0.118. The molecule has 28 heavy (non-hydrogen) atoms. The first kappa shape index (κ1) is 19.2. The number of ether oxygens (including phenoxy) is 3. The lowest BCUT2D eigenvalue weighted by atomic mass is 10.1. The molecule has 2 aromatic carbocycles. The number of hydrogen-bond donors (Lipinski definition) is 1. The highest BCUT2D eigenvalue weighted by Gasteiger charge is 2.12. The standard InChI is InChI=1S/C22H22N2O4/c1-16-8-3-4-9-17(16)14-27-20-12-7-13-23-22(20)24-21(25)15-28-19-11-6-5-10-18(19)26-2/h3-13H,14-15H2,1-2H3,(H,23,24,25). The Morgan fingerprint density at radius 3 is 2.43 bits per heavy atom. The van der Waals surface area contributed by atoms with Crippen LogP contribution < -0.4 is 19.5 Å². The van der Waals surface area contributed by atoms with Gasteiger partial charge in [0.1, 0.15) is 6.61 Å². The molecule has 3 rings (SSSR count). The van der Waals surface area contributed by atoms with E-state index in [2.05, 4.69) is 10.3 Å². The number of pyridine rings is 1. The third-order valence-electron chi connectivity index (χ3n) is 4.10. The molecule has 144 valence electrons. The average Bonchev–Trinajstić information content (AvgIpc) is 2.73. The number of benzene rings is 2. The summed E-state index contributed by atoms with van der Waals surface area (Å²) in [6.07, 6.45) is 1.59. The molecule has 0 aliphatic heterocycles. The number of anilines is 1. The second kappa shape index (κ2) is 9.41. The molecular weight excluding hydrogens is 356 g/mol. The lowest BCUT2D eigenvalue weighted by Gasteiger charge is -2.13. The third kappa shape index (κ3) is 5.01. The molecule has 0 radical (unpaired) electrons. The van der Waals surface area contributed by atoms with Crippen molar-refractivity contribution in [3.05, 3.63) is 78.0 Å². The fraction of sp³-hybridized carbons (Fsp3) is 0.182. The van der Waals surface area contributed by atoms with Gasteiger partial charge in [-0.05, 0) is 42.3 Å². The molecule has 0 saturated carbocycles. The highest BCUT2D eigenvalue weighted by molar-refractivity contribution is 5.92. The Labute approximate surface area is 164 Å². The van der Waals surface area contributed by atoms with Crippen molar-refractivity contribution in [3.63, 3.8) is 0 Å². The first-order valence-electron chi connectivity index (χ1n) is 8.85. The molecule has 0 fully saturated rings. The summed E-state index contributed by atoms with van der Waals surface area (Å²) in [7, 11) is 1.55. The number of hydrogen-bond acceptors (Lipinski definition) is 5. The molecule has 0 unspecified atom stereocenters. The van der Waals surface area contributed by atoms with Gasteiger partial charge in [-0.2, -0.15) is 0 Å². The van der Waals surface area contributed by atoms with Gasteiger partial charge in [-0.1, -0.05) is 36.4 Å². The summed E-state index contributed by atoms with van der Waals surface area (Å²) in [6, 6.07) is 18.7. The second-order valence-electron chi connectivity index (χ2n) is 6.05. The normalized spacial score (nSPS) is 10.2. The quantitative estimate of drug-likeness (QED) is 0.642. The van der Waals surface area contributed by atoms with Crippen LogP contribution in [0.1, 0.15) is 11.1 Å². The first-order chi connectivity index (χ1) is 13.7. The van der Waals surface area contributed by atoms with Crippen molar-refractivity contribution in [3.8, 4) is 17.2 Å². The van der Waals surface area contributed by atoms with Gasteiger partial charge in [0.15, 0.2) is 29.7 Å². The van der Waals surface area contributed by atoms with Gasteiger partial charge in [0.2, 0.25) is 0 Å². The van der Waals surface area contributed by atoms with Crippen LogP contribution in [0.3, 0.4) is 0 Å². The molecule has 1 heterocycles. The van der Waals surface area contributed by atoms with E-state index < -0.39 is 0 Å². The van der Waals surface area contributed by atoms with Crippen LogP contribution in [0.15, 0.2) is 66.9 Å². The van der Waals surface area contributed by atoms with Crippen LogP contribution >= 0.6 is 0 Å². The van der Waals surface area contributed by atoms with Crippen LogP contribution in [0.2, 0.25) is 0 Å². The fourth-order valence-corrected chi connectivity index (χ4v) is 2.58. The van der Waals surface area contributed by atoms with Crippen LogP contribution in [0.5, 0.6) is 17.2 Å². The summed E-state index contributed by atoms with van der Waals surface area (Å²) in [5, 5.41) is 2.73. The molecule has 0 saturated heterocycles. The van der Waals surface area contributed by atoms with E-state index in [0.717, 1.165) is 11.1 Å². The molecule has 0 aliphatic rings. The van der Waals surface area contributed by atoms with Crippen molar-refractivity contribution in [1.82, 2.24) is 4.98 Å². The van der Waals surface area contributed by atoms with E-state index in [1.807, 2.05) is 43.3 Å². The molecule has 0 aliphatic carbocycles. The molecule has 0 bridgehead atoms. The van der Waals surface area contributed by atoms with Gasteiger partial charge >= 0.3 is 0 Å². The van der Waals surface area contributed by atoms with Crippen LogP contribution in [-0.2, 0) is 11.4 Å². The van der Waals surface area contributed by atoms with E-state index in [1.165, 1.54) is 0 Å². The SMILES string of the molecule is COc1ccccc1OCC(=O)Nc1ncccc1OCc1ccccc1C. The highest BCUT2D eigenvalue weighted by atomic mass is 16.5. The predicted octanol–water partition coefficient (Wildman–Crippen LogP) is 4.00. The molecule has 1 N–H and O–H groups in total. The number of nitrogens with zero attached hydrogens (tertiary/aromatic N) is 1. The Kier molecular flexibility index (Phi) is 6.46. The fourth-order valence-electron chi connectivity index (χ4n) is 2.58. The Morgan fingerprint density at radius 2 is 1.64 bits per heavy atom. The summed E-state index contributed by atoms with van der Waals surface area (Å²) < 4.78 is 16.6. The van der Waals surface area contributed by atoms with Crippen LogP contribution in [-0.4, -0.2) is 24.6 Å². The number of aromatic nitrogens is 1. The molecule has 0 atom stereocenters. The van der Waals surface area contributed by atoms with Gasteiger partial charge in [0, 0.05) is 6.20 Å². The maximum atomic E-state index is 12.3. The van der Waals surface area contributed by atoms with E-state index in [9.17, 15) is 4.79 Å². The van der Waals surface area contributed by atoms with Crippen molar-refractivity contribution < 1.29 is 19.0 Å². The summed E-state index contributed by atoms with van der Waals surface area (Å²) in [4.78, 5) is 16.5. The Bertz CT molecular complexity index is 943. The number of para-hydroxylation sites is 2. The zero-order valence-electron chi connectivity index (χ0n) is 15.8. The maximum Gasteiger partial charge on any atom is 0.263 e. The van der Waals surface area contributed by atoms with E-state index in [1.54, 1.807) is 37.6 Å². The Balaban J connectivity index is 1.61.